The molecule has 7 rings (SSSR count). The molecule has 1 atom stereocenters. The van der Waals surface area contributed by atoms with E-state index >= 15 is 0 Å². The van der Waals surface area contributed by atoms with Gasteiger partial charge in [0.05, 0.1) is 0 Å². The molecule has 0 aliphatic heterocycles. The molecule has 0 radical (unpaired) electrons. The number of fused-ring (bicyclic) bond motifs is 1. The molecule has 4 aliphatic carbocycles. The Morgan fingerprint density at radius 3 is 2.44 bits per heavy atom. The highest BCUT2D eigenvalue weighted by Crippen LogP contribution is 2.55. The minimum Gasteiger partial charge on any atom is -0.491 e. The number of halogens is 1. The molecule has 1 heterocycles. The van der Waals surface area contributed by atoms with Gasteiger partial charge < -0.3 is 19.7 Å². The third-order valence-electron chi connectivity index (χ3n) is 7.75. The number of aromatic nitrogens is 1. The maximum absolute atomic E-state index is 13.4. The van der Waals surface area contributed by atoms with Crippen LogP contribution < -0.4 is 10.1 Å². The summed E-state index contributed by atoms with van der Waals surface area (Å²) < 4.78 is 24.6. The minimum atomic E-state index is -0.546. The number of benzene rings is 2. The van der Waals surface area contributed by atoms with Crippen molar-refractivity contribution in [1.82, 2.24) is 10.5 Å². The molecule has 5 nitrogen and oxygen atoms in total. The van der Waals surface area contributed by atoms with Crippen LogP contribution in [0.1, 0.15) is 38.5 Å². The van der Waals surface area contributed by atoms with E-state index in [9.17, 15) is 9.50 Å². The predicted octanol–water partition coefficient (Wildman–Crippen LogP) is 4.93. The van der Waals surface area contributed by atoms with Crippen LogP contribution in [-0.4, -0.2) is 35.1 Å². The van der Waals surface area contributed by atoms with Gasteiger partial charge in [0.25, 0.3) is 0 Å². The molecule has 0 saturated heterocycles. The van der Waals surface area contributed by atoms with E-state index in [4.69, 9.17) is 9.26 Å². The van der Waals surface area contributed by atoms with Gasteiger partial charge in [0.15, 0.2) is 5.76 Å². The van der Waals surface area contributed by atoms with Crippen molar-refractivity contribution in [2.45, 2.75) is 50.2 Å². The van der Waals surface area contributed by atoms with Gasteiger partial charge in [-0.25, -0.2) is 4.39 Å². The van der Waals surface area contributed by atoms with E-state index in [-0.39, 0.29) is 18.0 Å². The molecular weight excluding hydrogens is 407 g/mol. The average molecular weight is 437 g/mol. The van der Waals surface area contributed by atoms with Crippen molar-refractivity contribution in [1.29, 1.82) is 0 Å². The highest BCUT2D eigenvalue weighted by atomic mass is 19.1. The summed E-state index contributed by atoms with van der Waals surface area (Å²) in [6, 6.07) is 11.9. The van der Waals surface area contributed by atoms with Crippen molar-refractivity contribution in [3.05, 3.63) is 48.3 Å². The summed E-state index contributed by atoms with van der Waals surface area (Å²) in [5, 5.41) is 19.0. The van der Waals surface area contributed by atoms with Crippen LogP contribution in [0.3, 0.4) is 0 Å². The lowest BCUT2D eigenvalue weighted by atomic mass is 9.53. The molecule has 4 saturated carbocycles. The standard InChI is InChI=1S/C26H29FN2O3/c27-20-3-6-23-24(10-20)29-32-25(23)19-1-4-22(5-2-19)31-15-21(30)14-28-26-11-16-7-17(12-26)9-18(8-16)13-26/h1-6,10,16-18,21,28,30H,7-9,11-15H2/t16?,17?,18?,21-,26?/m1/s1. The topological polar surface area (TPSA) is 67.5 Å². The van der Waals surface area contributed by atoms with Crippen LogP contribution in [0.15, 0.2) is 47.0 Å². The number of aliphatic hydroxyl groups excluding tert-OH is 1. The highest BCUT2D eigenvalue weighted by Gasteiger charge is 2.50. The molecular formula is C26H29FN2O3. The van der Waals surface area contributed by atoms with Gasteiger partial charge in [-0.3, -0.25) is 0 Å². The van der Waals surface area contributed by atoms with E-state index < -0.39 is 6.10 Å². The summed E-state index contributed by atoms with van der Waals surface area (Å²) >= 11 is 0. The highest BCUT2D eigenvalue weighted by molar-refractivity contribution is 5.91. The Kier molecular flexibility index (Phi) is 4.95. The molecule has 3 aromatic rings. The van der Waals surface area contributed by atoms with Gasteiger partial charge >= 0.3 is 0 Å². The zero-order chi connectivity index (χ0) is 21.7. The summed E-state index contributed by atoms with van der Waals surface area (Å²) in [6.45, 7) is 0.827. The fraction of sp³-hybridized carbons (Fsp3) is 0.500. The zero-order valence-corrected chi connectivity index (χ0v) is 18.1. The van der Waals surface area contributed by atoms with Gasteiger partial charge in [0.2, 0.25) is 0 Å². The zero-order valence-electron chi connectivity index (χ0n) is 18.1. The van der Waals surface area contributed by atoms with Crippen molar-refractivity contribution in [3.8, 4) is 17.1 Å². The molecule has 4 aliphatic rings. The van der Waals surface area contributed by atoms with Crippen molar-refractivity contribution in [2.24, 2.45) is 17.8 Å². The molecule has 168 valence electrons. The van der Waals surface area contributed by atoms with Crippen LogP contribution in [0.2, 0.25) is 0 Å². The predicted molar refractivity (Wildman–Crippen MR) is 120 cm³/mol. The second-order valence-electron chi connectivity index (χ2n) is 10.2. The largest absolute Gasteiger partial charge is 0.491 e. The normalized spacial score (nSPS) is 29.5. The van der Waals surface area contributed by atoms with Gasteiger partial charge in [-0.15, -0.1) is 0 Å². The van der Waals surface area contributed by atoms with Crippen LogP contribution in [0.5, 0.6) is 5.75 Å². The number of hydrogen-bond donors (Lipinski definition) is 2. The molecule has 0 spiro atoms. The molecule has 4 fully saturated rings. The summed E-state index contributed by atoms with van der Waals surface area (Å²) in [5.41, 5.74) is 1.59. The molecule has 32 heavy (non-hydrogen) atoms. The Bertz CT molecular complexity index is 1070. The third kappa shape index (κ3) is 3.80. The Morgan fingerprint density at radius 2 is 1.75 bits per heavy atom. The lowest BCUT2D eigenvalue weighted by Crippen LogP contribution is -2.59. The number of hydrogen-bond acceptors (Lipinski definition) is 5. The maximum Gasteiger partial charge on any atom is 0.174 e. The van der Waals surface area contributed by atoms with Crippen molar-refractivity contribution < 1.29 is 18.8 Å². The van der Waals surface area contributed by atoms with E-state index in [1.807, 2.05) is 24.3 Å². The number of β-amino-alcohol motifs (C(OH)–C–C–N with tert-alkyl or cyclic N) is 1. The fourth-order valence-electron chi connectivity index (χ4n) is 6.74. The Hall–Kier alpha value is -2.44. The third-order valence-corrected chi connectivity index (χ3v) is 7.75. The molecule has 0 unspecified atom stereocenters. The molecule has 6 heteroatoms. The Labute approximate surface area is 186 Å². The monoisotopic (exact) mass is 436 g/mol. The van der Waals surface area contributed by atoms with E-state index in [1.165, 1.54) is 50.7 Å². The van der Waals surface area contributed by atoms with Gasteiger partial charge in [-0.2, -0.15) is 0 Å². The molecule has 0 amide bonds. The van der Waals surface area contributed by atoms with Gasteiger partial charge in [0.1, 0.15) is 29.8 Å². The first-order chi connectivity index (χ1) is 15.6. The summed E-state index contributed by atoms with van der Waals surface area (Å²) in [5.74, 6) is 3.63. The average Bonchev–Trinajstić information content (AvgIpc) is 3.19. The van der Waals surface area contributed by atoms with Crippen LogP contribution in [0.4, 0.5) is 4.39 Å². The van der Waals surface area contributed by atoms with Crippen LogP contribution in [0.25, 0.3) is 22.2 Å². The van der Waals surface area contributed by atoms with Gasteiger partial charge in [0, 0.05) is 29.1 Å². The van der Waals surface area contributed by atoms with Gasteiger partial charge in [-0.05, 0) is 92.7 Å². The first-order valence-corrected chi connectivity index (χ1v) is 11.8. The number of ether oxygens (including phenoxy) is 1. The van der Waals surface area contributed by atoms with Crippen molar-refractivity contribution >= 4 is 10.9 Å². The van der Waals surface area contributed by atoms with Crippen LogP contribution in [0, 0.1) is 23.6 Å². The first-order valence-electron chi connectivity index (χ1n) is 11.8. The second kappa shape index (κ2) is 7.85. The van der Waals surface area contributed by atoms with Gasteiger partial charge in [-0.1, -0.05) is 5.16 Å². The Balaban J connectivity index is 1.04. The maximum atomic E-state index is 13.4. The summed E-state index contributed by atoms with van der Waals surface area (Å²) in [4.78, 5) is 0. The van der Waals surface area contributed by atoms with E-state index in [1.54, 1.807) is 6.07 Å². The first kappa shape index (κ1) is 20.2. The molecule has 1 aromatic heterocycles. The van der Waals surface area contributed by atoms with E-state index in [0.29, 0.717) is 23.6 Å². The van der Waals surface area contributed by atoms with E-state index in [2.05, 4.69) is 10.5 Å². The number of nitrogens with one attached hydrogen (secondary N) is 1. The molecule has 2 N–H and O–H groups in total. The van der Waals surface area contributed by atoms with E-state index in [0.717, 1.165) is 28.7 Å². The fourth-order valence-corrected chi connectivity index (χ4v) is 6.74. The molecule has 2 aromatic carbocycles. The summed E-state index contributed by atoms with van der Waals surface area (Å²) in [7, 11) is 0. The lowest BCUT2D eigenvalue weighted by molar-refractivity contribution is -0.0266. The summed E-state index contributed by atoms with van der Waals surface area (Å²) in [6.07, 6.45) is 7.54. The smallest absolute Gasteiger partial charge is 0.174 e. The van der Waals surface area contributed by atoms with Crippen LogP contribution in [-0.2, 0) is 0 Å². The van der Waals surface area contributed by atoms with Crippen LogP contribution >= 0.6 is 0 Å². The van der Waals surface area contributed by atoms with Crippen molar-refractivity contribution in [2.75, 3.05) is 13.2 Å². The molecule has 4 bridgehead atoms. The van der Waals surface area contributed by atoms with Crippen molar-refractivity contribution in [3.63, 3.8) is 0 Å². The SMILES string of the molecule is O[C@H](CNC12CC3CC(CC(C3)C1)C2)COc1ccc(-c2onc3cc(F)ccc23)cc1. The number of aliphatic hydroxyl groups is 1. The quantitative estimate of drug-likeness (QED) is 0.550. The number of rotatable bonds is 7. The minimum absolute atomic E-state index is 0.250. The number of nitrogens with zero attached hydrogens (tertiary/aromatic N) is 1. The second-order valence-corrected chi connectivity index (χ2v) is 10.2. The lowest BCUT2D eigenvalue weighted by Gasteiger charge is -2.57. The Morgan fingerprint density at radius 1 is 1.06 bits per heavy atom.